The van der Waals surface area contributed by atoms with Gasteiger partial charge in [0.2, 0.25) is 0 Å². The molecule has 120 valence electrons. The zero-order valence-corrected chi connectivity index (χ0v) is 13.3. The molecule has 0 aromatic heterocycles. The van der Waals surface area contributed by atoms with Crippen LogP contribution in [0.25, 0.3) is 0 Å². The molecular weight excluding hydrogens is 308 g/mol. The topological polar surface area (TPSA) is 27.7 Å². The standard InChI is InChI=1S/C13H18F4O3Si/c1-8(2)20-21(18-3,19-4)6-5-9-7-10(14)12(16)13(17)11(9)15/h7-8H,5-6H2,1-4H3. The monoisotopic (exact) mass is 326 g/mol. The van der Waals surface area contributed by atoms with Crippen LogP contribution in [0.4, 0.5) is 17.6 Å². The van der Waals surface area contributed by atoms with Gasteiger partial charge in [0.15, 0.2) is 23.3 Å². The first-order valence-electron chi connectivity index (χ1n) is 6.36. The van der Waals surface area contributed by atoms with Crippen molar-refractivity contribution in [3.05, 3.63) is 34.9 Å². The number of aryl methyl sites for hydroxylation is 1. The third-order valence-corrected chi connectivity index (χ3v) is 5.85. The zero-order valence-electron chi connectivity index (χ0n) is 12.3. The summed E-state index contributed by atoms with van der Waals surface area (Å²) in [7, 11) is -0.288. The summed E-state index contributed by atoms with van der Waals surface area (Å²) in [4.78, 5) is 0. The smallest absolute Gasteiger partial charge is 0.377 e. The molecule has 8 heteroatoms. The minimum atomic E-state index is -3.07. The van der Waals surface area contributed by atoms with Crippen LogP contribution in [0.5, 0.6) is 0 Å². The van der Waals surface area contributed by atoms with Crippen molar-refractivity contribution < 1.29 is 30.8 Å². The Labute approximate surface area is 122 Å². The van der Waals surface area contributed by atoms with Gasteiger partial charge in [0.05, 0.1) is 0 Å². The van der Waals surface area contributed by atoms with E-state index in [1.54, 1.807) is 13.8 Å². The van der Waals surface area contributed by atoms with Crippen molar-refractivity contribution in [3.8, 4) is 0 Å². The predicted molar refractivity (Wildman–Crippen MR) is 70.8 cm³/mol. The molecule has 0 heterocycles. The van der Waals surface area contributed by atoms with Gasteiger partial charge in [-0.25, -0.2) is 17.6 Å². The lowest BCUT2D eigenvalue weighted by molar-refractivity contribution is 0.0700. The van der Waals surface area contributed by atoms with Crippen LogP contribution in [-0.2, 0) is 19.7 Å². The maximum Gasteiger partial charge on any atom is 0.500 e. The fraction of sp³-hybridized carbons (Fsp3) is 0.538. The molecule has 0 aliphatic rings. The van der Waals surface area contributed by atoms with Crippen molar-refractivity contribution in [2.75, 3.05) is 14.2 Å². The largest absolute Gasteiger partial charge is 0.500 e. The summed E-state index contributed by atoms with van der Waals surface area (Å²) in [6, 6.07) is 0.743. The van der Waals surface area contributed by atoms with E-state index in [0.29, 0.717) is 6.07 Å². The van der Waals surface area contributed by atoms with Crippen LogP contribution in [-0.4, -0.2) is 29.1 Å². The Balaban J connectivity index is 2.96. The van der Waals surface area contributed by atoms with E-state index < -0.39 is 32.1 Å². The molecule has 0 aliphatic carbocycles. The molecule has 0 saturated heterocycles. The molecule has 0 N–H and O–H groups in total. The van der Waals surface area contributed by atoms with Crippen molar-refractivity contribution in [2.45, 2.75) is 32.4 Å². The lowest BCUT2D eigenvalue weighted by atomic mass is 10.1. The number of hydrogen-bond donors (Lipinski definition) is 0. The van der Waals surface area contributed by atoms with E-state index in [1.807, 2.05) is 0 Å². The lowest BCUT2D eigenvalue weighted by Gasteiger charge is -2.28. The van der Waals surface area contributed by atoms with Crippen LogP contribution >= 0.6 is 0 Å². The first kappa shape index (κ1) is 18.1. The molecule has 0 unspecified atom stereocenters. The SMILES string of the molecule is CO[Si](CCc1cc(F)c(F)c(F)c1F)(OC)OC(C)C. The Kier molecular flexibility index (Phi) is 6.33. The summed E-state index contributed by atoms with van der Waals surface area (Å²) < 4.78 is 68.9. The molecule has 1 rings (SSSR count). The molecule has 1 aromatic carbocycles. The van der Waals surface area contributed by atoms with Crippen molar-refractivity contribution in [1.82, 2.24) is 0 Å². The second kappa shape index (κ2) is 7.35. The Bertz CT molecular complexity index is 493. The van der Waals surface area contributed by atoms with Gasteiger partial charge in [-0.15, -0.1) is 0 Å². The molecule has 1 aromatic rings. The second-order valence-corrected chi connectivity index (χ2v) is 7.64. The van der Waals surface area contributed by atoms with Gasteiger partial charge >= 0.3 is 8.80 Å². The number of hydrogen-bond acceptors (Lipinski definition) is 3. The van der Waals surface area contributed by atoms with Crippen molar-refractivity contribution in [1.29, 1.82) is 0 Å². The summed E-state index contributed by atoms with van der Waals surface area (Å²) in [5.41, 5.74) is -0.287. The maximum absolute atomic E-state index is 13.6. The van der Waals surface area contributed by atoms with E-state index in [-0.39, 0.29) is 24.1 Å². The minimum Gasteiger partial charge on any atom is -0.377 e. The van der Waals surface area contributed by atoms with Crippen LogP contribution in [0.15, 0.2) is 6.07 Å². The molecule has 0 aliphatic heterocycles. The number of halogens is 4. The van der Waals surface area contributed by atoms with Crippen LogP contribution < -0.4 is 0 Å². The van der Waals surface area contributed by atoms with E-state index in [2.05, 4.69) is 0 Å². The molecule has 0 amide bonds. The molecule has 3 nitrogen and oxygen atoms in total. The van der Waals surface area contributed by atoms with Gasteiger partial charge in [-0.2, -0.15) is 0 Å². The summed E-state index contributed by atoms with van der Waals surface area (Å²) in [6.07, 6.45) is -0.288. The highest BCUT2D eigenvalue weighted by molar-refractivity contribution is 6.60. The van der Waals surface area contributed by atoms with E-state index in [0.717, 1.165) is 0 Å². The Hall–Kier alpha value is -0.963. The van der Waals surface area contributed by atoms with Gasteiger partial charge < -0.3 is 13.3 Å². The minimum absolute atomic E-state index is 0.0967. The average Bonchev–Trinajstić information content (AvgIpc) is 2.45. The van der Waals surface area contributed by atoms with Gasteiger partial charge in [0.25, 0.3) is 0 Å². The van der Waals surface area contributed by atoms with Gasteiger partial charge in [-0.3, -0.25) is 0 Å². The van der Waals surface area contributed by atoms with Gasteiger partial charge in [0.1, 0.15) is 0 Å². The third kappa shape index (κ3) is 4.25. The Morgan fingerprint density at radius 1 is 1.00 bits per heavy atom. The molecule has 0 radical (unpaired) electrons. The van der Waals surface area contributed by atoms with E-state index in [4.69, 9.17) is 13.3 Å². The summed E-state index contributed by atoms with van der Waals surface area (Å²) in [5.74, 6) is -6.49. The van der Waals surface area contributed by atoms with Crippen LogP contribution in [0.1, 0.15) is 19.4 Å². The van der Waals surface area contributed by atoms with Gasteiger partial charge in [-0.1, -0.05) is 0 Å². The summed E-state index contributed by atoms with van der Waals surface area (Å²) in [6.45, 7) is 3.55. The highest BCUT2D eigenvalue weighted by Crippen LogP contribution is 2.24. The van der Waals surface area contributed by atoms with Crippen molar-refractivity contribution in [2.24, 2.45) is 0 Å². The molecule has 0 spiro atoms. The molecule has 0 atom stereocenters. The molecular formula is C13H18F4O3Si. The first-order chi connectivity index (χ1) is 9.76. The average molecular weight is 326 g/mol. The molecule has 0 fully saturated rings. The number of rotatable bonds is 7. The first-order valence-corrected chi connectivity index (χ1v) is 8.29. The van der Waals surface area contributed by atoms with E-state index >= 15 is 0 Å². The fourth-order valence-electron chi connectivity index (χ4n) is 1.89. The van der Waals surface area contributed by atoms with E-state index in [1.165, 1.54) is 14.2 Å². The molecule has 0 saturated carbocycles. The summed E-state index contributed by atoms with van der Waals surface area (Å²) >= 11 is 0. The van der Waals surface area contributed by atoms with Crippen LogP contribution in [0, 0.1) is 23.3 Å². The van der Waals surface area contributed by atoms with Crippen LogP contribution in [0.2, 0.25) is 6.04 Å². The predicted octanol–water partition coefficient (Wildman–Crippen LogP) is 3.44. The number of benzene rings is 1. The van der Waals surface area contributed by atoms with Crippen LogP contribution in [0.3, 0.4) is 0 Å². The third-order valence-electron chi connectivity index (χ3n) is 2.92. The highest BCUT2D eigenvalue weighted by Gasteiger charge is 2.40. The fourth-order valence-corrected chi connectivity index (χ4v) is 4.07. The normalized spacial score (nSPS) is 12.2. The Morgan fingerprint density at radius 3 is 2.05 bits per heavy atom. The van der Waals surface area contributed by atoms with Gasteiger partial charge in [0, 0.05) is 26.4 Å². The van der Waals surface area contributed by atoms with Crippen molar-refractivity contribution >= 4 is 8.80 Å². The van der Waals surface area contributed by atoms with E-state index in [9.17, 15) is 17.6 Å². The zero-order chi connectivity index (χ0) is 16.2. The molecule has 0 bridgehead atoms. The van der Waals surface area contributed by atoms with Crippen molar-refractivity contribution in [3.63, 3.8) is 0 Å². The quantitative estimate of drug-likeness (QED) is 0.332. The summed E-state index contributed by atoms with van der Waals surface area (Å²) in [5, 5.41) is 0. The highest BCUT2D eigenvalue weighted by atomic mass is 28.4. The Morgan fingerprint density at radius 2 is 1.57 bits per heavy atom. The van der Waals surface area contributed by atoms with Gasteiger partial charge in [-0.05, 0) is 31.9 Å². The lowest BCUT2D eigenvalue weighted by Crippen LogP contribution is -2.46. The molecule has 21 heavy (non-hydrogen) atoms. The second-order valence-electron chi connectivity index (χ2n) is 4.72. The maximum atomic E-state index is 13.6.